The lowest BCUT2D eigenvalue weighted by Gasteiger charge is -2.04. The summed E-state index contributed by atoms with van der Waals surface area (Å²) in [7, 11) is 0. The van der Waals surface area contributed by atoms with Crippen LogP contribution < -0.4 is 0 Å². The van der Waals surface area contributed by atoms with E-state index in [1.807, 2.05) is 6.20 Å². The van der Waals surface area contributed by atoms with Crippen molar-refractivity contribution in [1.29, 1.82) is 0 Å². The maximum Gasteiger partial charge on any atom is 0.161 e. The summed E-state index contributed by atoms with van der Waals surface area (Å²) >= 11 is 0. The van der Waals surface area contributed by atoms with E-state index in [9.17, 15) is 0 Å². The Labute approximate surface area is 100 Å². The van der Waals surface area contributed by atoms with Gasteiger partial charge in [0, 0.05) is 18.1 Å². The van der Waals surface area contributed by atoms with E-state index in [0.29, 0.717) is 13.2 Å². The zero-order chi connectivity index (χ0) is 11.5. The number of hydrogen-bond acceptors (Lipinski definition) is 2. The van der Waals surface area contributed by atoms with Crippen LogP contribution in [0.5, 0.6) is 0 Å². The molecule has 0 aliphatic carbocycles. The molecule has 1 aromatic heterocycles. The maximum atomic E-state index is 5.37. The fourth-order valence-corrected chi connectivity index (χ4v) is 2.03. The van der Waals surface area contributed by atoms with E-state index in [-0.39, 0.29) is 6.29 Å². The normalized spacial score (nSPS) is 17.4. The number of hydrogen-bond donors (Lipinski definition) is 1. The summed E-state index contributed by atoms with van der Waals surface area (Å²) in [5, 5.41) is 1.24. The molecule has 1 aliphatic heterocycles. The van der Waals surface area contributed by atoms with Gasteiger partial charge in [-0.25, -0.2) is 0 Å². The van der Waals surface area contributed by atoms with Crippen LogP contribution in [0.2, 0.25) is 0 Å². The van der Waals surface area contributed by atoms with Gasteiger partial charge in [-0.05, 0) is 29.1 Å². The Morgan fingerprint density at radius 1 is 1.24 bits per heavy atom. The van der Waals surface area contributed by atoms with E-state index in [2.05, 4.69) is 41.4 Å². The molecule has 0 spiro atoms. The first-order valence-corrected chi connectivity index (χ1v) is 5.89. The van der Waals surface area contributed by atoms with Crippen LogP contribution in [0.4, 0.5) is 0 Å². The summed E-state index contributed by atoms with van der Waals surface area (Å²) in [4.78, 5) is 3.18. The van der Waals surface area contributed by atoms with Gasteiger partial charge >= 0.3 is 0 Å². The van der Waals surface area contributed by atoms with Crippen LogP contribution >= 0.6 is 0 Å². The molecule has 1 fully saturated rings. The molecule has 88 valence electrons. The van der Waals surface area contributed by atoms with E-state index in [4.69, 9.17) is 9.47 Å². The van der Waals surface area contributed by atoms with Gasteiger partial charge < -0.3 is 14.5 Å². The van der Waals surface area contributed by atoms with Crippen LogP contribution in [-0.2, 0) is 9.47 Å². The molecule has 3 rings (SSSR count). The maximum absolute atomic E-state index is 5.37. The molecule has 1 aliphatic rings. The Morgan fingerprint density at radius 3 is 3.00 bits per heavy atom. The molecule has 0 saturated carbocycles. The molecule has 2 heterocycles. The third-order valence-corrected chi connectivity index (χ3v) is 2.91. The van der Waals surface area contributed by atoms with E-state index in [1.54, 1.807) is 0 Å². The molecule has 0 radical (unpaired) electrons. The van der Waals surface area contributed by atoms with Crippen molar-refractivity contribution in [2.45, 2.75) is 12.7 Å². The lowest BCUT2D eigenvalue weighted by molar-refractivity contribution is -0.0379. The first-order chi connectivity index (χ1) is 8.42. The highest BCUT2D eigenvalue weighted by atomic mass is 16.7. The van der Waals surface area contributed by atoms with Gasteiger partial charge in [0.05, 0.1) is 13.2 Å². The van der Waals surface area contributed by atoms with Crippen molar-refractivity contribution < 1.29 is 9.47 Å². The van der Waals surface area contributed by atoms with Crippen LogP contribution in [0.25, 0.3) is 17.0 Å². The Balaban J connectivity index is 1.68. The van der Waals surface area contributed by atoms with E-state index >= 15 is 0 Å². The summed E-state index contributed by atoms with van der Waals surface area (Å²) in [5.74, 6) is 0. The topological polar surface area (TPSA) is 34.2 Å². The Hall–Kier alpha value is -1.58. The molecule has 1 aromatic carbocycles. The molecular weight excluding hydrogens is 214 g/mol. The lowest BCUT2D eigenvalue weighted by Crippen LogP contribution is -2.04. The molecule has 1 saturated heterocycles. The Bertz CT molecular complexity index is 524. The number of rotatable bonds is 3. The van der Waals surface area contributed by atoms with Crippen LogP contribution in [-0.4, -0.2) is 24.5 Å². The van der Waals surface area contributed by atoms with Gasteiger partial charge in [-0.2, -0.15) is 0 Å². The van der Waals surface area contributed by atoms with Crippen LogP contribution in [0.1, 0.15) is 12.0 Å². The predicted octanol–water partition coefficient (Wildman–Crippen LogP) is 2.94. The van der Waals surface area contributed by atoms with Gasteiger partial charge in [-0.1, -0.05) is 18.2 Å². The van der Waals surface area contributed by atoms with Gasteiger partial charge in [0.1, 0.15) is 0 Å². The zero-order valence-electron chi connectivity index (χ0n) is 9.56. The first-order valence-electron chi connectivity index (χ1n) is 5.89. The first kappa shape index (κ1) is 10.6. The average Bonchev–Trinajstić information content (AvgIpc) is 2.98. The molecule has 3 nitrogen and oxygen atoms in total. The van der Waals surface area contributed by atoms with Gasteiger partial charge in [-0.15, -0.1) is 0 Å². The zero-order valence-corrected chi connectivity index (χ0v) is 9.56. The second kappa shape index (κ2) is 4.73. The van der Waals surface area contributed by atoms with Crippen LogP contribution in [0.15, 0.2) is 36.5 Å². The third kappa shape index (κ3) is 2.40. The number of H-pyrrole nitrogens is 1. The van der Waals surface area contributed by atoms with Gasteiger partial charge in [0.2, 0.25) is 0 Å². The van der Waals surface area contributed by atoms with Crippen molar-refractivity contribution in [2.75, 3.05) is 13.2 Å². The number of aromatic amines is 1. The number of ether oxygens (including phenoxy) is 2. The number of fused-ring (bicyclic) bond motifs is 1. The SMILES string of the molecule is C(=C\c1ccc2[nH]ccc2c1)/CC1OCCO1. The minimum absolute atomic E-state index is 0.0535. The minimum Gasteiger partial charge on any atom is -0.361 e. The van der Waals surface area contributed by atoms with Crippen molar-refractivity contribution in [2.24, 2.45) is 0 Å². The molecule has 0 atom stereocenters. The summed E-state index contributed by atoms with van der Waals surface area (Å²) in [5.41, 5.74) is 2.37. The smallest absolute Gasteiger partial charge is 0.161 e. The second-order valence-corrected chi connectivity index (χ2v) is 4.13. The van der Waals surface area contributed by atoms with E-state index in [0.717, 1.165) is 6.42 Å². The van der Waals surface area contributed by atoms with Crippen molar-refractivity contribution in [3.63, 3.8) is 0 Å². The molecule has 0 bridgehead atoms. The van der Waals surface area contributed by atoms with Gasteiger partial charge in [0.15, 0.2) is 6.29 Å². The molecule has 2 aromatic rings. The standard InChI is InChI=1S/C14H15NO2/c1(3-14-16-8-9-17-14)2-11-4-5-13-12(10-11)6-7-15-13/h1-2,4-7,10,14-15H,3,8-9H2/b2-1+. The average molecular weight is 229 g/mol. The van der Waals surface area contributed by atoms with Crippen LogP contribution in [0.3, 0.4) is 0 Å². The van der Waals surface area contributed by atoms with Crippen LogP contribution in [0, 0.1) is 0 Å². The van der Waals surface area contributed by atoms with Crippen molar-refractivity contribution >= 4 is 17.0 Å². The van der Waals surface area contributed by atoms with Crippen molar-refractivity contribution in [1.82, 2.24) is 4.98 Å². The van der Waals surface area contributed by atoms with E-state index in [1.165, 1.54) is 16.5 Å². The highest BCUT2D eigenvalue weighted by Gasteiger charge is 2.13. The van der Waals surface area contributed by atoms with Crippen molar-refractivity contribution in [3.8, 4) is 0 Å². The molecule has 3 heteroatoms. The van der Waals surface area contributed by atoms with Crippen molar-refractivity contribution in [3.05, 3.63) is 42.1 Å². The monoisotopic (exact) mass is 229 g/mol. The minimum atomic E-state index is -0.0535. The van der Waals surface area contributed by atoms with E-state index < -0.39 is 0 Å². The fraction of sp³-hybridized carbons (Fsp3) is 0.286. The molecule has 0 unspecified atom stereocenters. The summed E-state index contributed by atoms with van der Waals surface area (Å²) < 4.78 is 10.7. The molecule has 1 N–H and O–H groups in total. The third-order valence-electron chi connectivity index (χ3n) is 2.91. The second-order valence-electron chi connectivity index (χ2n) is 4.13. The highest BCUT2D eigenvalue weighted by molar-refractivity contribution is 5.81. The quantitative estimate of drug-likeness (QED) is 0.878. The Kier molecular flexibility index (Phi) is 2.94. The molecular formula is C14H15NO2. The molecule has 0 amide bonds. The predicted molar refractivity (Wildman–Crippen MR) is 67.6 cm³/mol. The molecule has 17 heavy (non-hydrogen) atoms. The fourth-order valence-electron chi connectivity index (χ4n) is 2.03. The van der Waals surface area contributed by atoms with Gasteiger partial charge in [0.25, 0.3) is 0 Å². The van der Waals surface area contributed by atoms with Gasteiger partial charge in [-0.3, -0.25) is 0 Å². The Morgan fingerprint density at radius 2 is 2.12 bits per heavy atom. The number of benzene rings is 1. The number of aromatic nitrogens is 1. The summed E-state index contributed by atoms with van der Waals surface area (Å²) in [6, 6.07) is 8.44. The number of nitrogens with one attached hydrogen (secondary N) is 1. The lowest BCUT2D eigenvalue weighted by atomic mass is 10.1. The summed E-state index contributed by atoms with van der Waals surface area (Å²) in [6.07, 6.45) is 6.92. The largest absolute Gasteiger partial charge is 0.361 e. The highest BCUT2D eigenvalue weighted by Crippen LogP contribution is 2.16. The summed E-state index contributed by atoms with van der Waals surface area (Å²) in [6.45, 7) is 1.43.